The highest BCUT2D eigenvalue weighted by Crippen LogP contribution is 2.34. The molecule has 4 rings (SSSR count). The molecular weight excluding hydrogens is 426 g/mol. The number of nitrogens with one attached hydrogen (secondary N) is 1. The minimum atomic E-state index is 0.370. The third kappa shape index (κ3) is 5.62. The van der Waals surface area contributed by atoms with Gasteiger partial charge in [0.1, 0.15) is 23.0 Å². The Kier molecular flexibility index (Phi) is 7.23. The highest BCUT2D eigenvalue weighted by atomic mass is 16.6. The molecule has 0 aliphatic heterocycles. The van der Waals surface area contributed by atoms with E-state index in [0.29, 0.717) is 29.1 Å². The predicted molar refractivity (Wildman–Crippen MR) is 136 cm³/mol. The molecule has 34 heavy (non-hydrogen) atoms. The van der Waals surface area contributed by atoms with Crippen LogP contribution in [0.25, 0.3) is 5.70 Å². The van der Waals surface area contributed by atoms with Crippen LogP contribution in [-0.2, 0) is 0 Å². The molecule has 1 N–H and O–H groups in total. The van der Waals surface area contributed by atoms with E-state index >= 15 is 0 Å². The van der Waals surface area contributed by atoms with Gasteiger partial charge in [0.2, 0.25) is 0 Å². The Morgan fingerprint density at radius 1 is 0.853 bits per heavy atom. The Hall–Kier alpha value is -4.12. The molecule has 0 saturated heterocycles. The molecular formula is C29H29NO4. The number of benzene rings is 3. The van der Waals surface area contributed by atoms with E-state index < -0.39 is 0 Å². The van der Waals surface area contributed by atoms with Gasteiger partial charge in [-0.3, -0.25) is 0 Å². The Balaban J connectivity index is 1.41. The SMILES string of the molecule is C=C(Nc1ccc(OC)cc1C(C)CC)c1ccc(Oc2ccc(Oc3ccccc3)cc2)o1. The highest BCUT2D eigenvalue weighted by Gasteiger charge is 2.14. The Labute approximate surface area is 200 Å². The molecule has 0 saturated carbocycles. The summed E-state index contributed by atoms with van der Waals surface area (Å²) < 4.78 is 23.0. The topological polar surface area (TPSA) is 52.9 Å². The molecule has 0 bridgehead atoms. The van der Waals surface area contributed by atoms with Crippen LogP contribution in [0.1, 0.15) is 37.5 Å². The van der Waals surface area contributed by atoms with Crippen LogP contribution < -0.4 is 19.5 Å². The van der Waals surface area contributed by atoms with Crippen LogP contribution in [0, 0.1) is 0 Å². The second-order valence-corrected chi connectivity index (χ2v) is 7.97. The van der Waals surface area contributed by atoms with Crippen LogP contribution in [0.15, 0.2) is 95.9 Å². The van der Waals surface area contributed by atoms with Crippen LogP contribution >= 0.6 is 0 Å². The van der Waals surface area contributed by atoms with Crippen molar-refractivity contribution in [3.05, 3.63) is 103 Å². The Morgan fingerprint density at radius 2 is 1.50 bits per heavy atom. The van der Waals surface area contributed by atoms with Crippen LogP contribution in [0.5, 0.6) is 28.9 Å². The maximum Gasteiger partial charge on any atom is 0.290 e. The van der Waals surface area contributed by atoms with Gasteiger partial charge in [0.05, 0.1) is 12.8 Å². The minimum Gasteiger partial charge on any atom is -0.497 e. The molecule has 5 nitrogen and oxygen atoms in total. The molecule has 1 heterocycles. The van der Waals surface area contributed by atoms with Crippen molar-refractivity contribution >= 4 is 11.4 Å². The molecule has 4 aromatic rings. The molecule has 1 unspecified atom stereocenters. The lowest BCUT2D eigenvalue weighted by molar-refractivity contribution is 0.342. The van der Waals surface area contributed by atoms with Crippen molar-refractivity contribution in [2.75, 3.05) is 12.4 Å². The van der Waals surface area contributed by atoms with E-state index in [4.69, 9.17) is 18.6 Å². The zero-order valence-corrected chi connectivity index (χ0v) is 19.7. The van der Waals surface area contributed by atoms with E-state index in [1.54, 1.807) is 13.2 Å². The van der Waals surface area contributed by atoms with Gasteiger partial charge in [0, 0.05) is 11.8 Å². The first kappa shape index (κ1) is 23.1. The average Bonchev–Trinajstić information content (AvgIpc) is 3.34. The van der Waals surface area contributed by atoms with Crippen molar-refractivity contribution in [1.82, 2.24) is 0 Å². The normalized spacial score (nSPS) is 11.5. The van der Waals surface area contributed by atoms with E-state index in [0.717, 1.165) is 29.4 Å². The summed E-state index contributed by atoms with van der Waals surface area (Å²) in [5.74, 6) is 4.35. The van der Waals surface area contributed by atoms with Gasteiger partial charge in [-0.2, -0.15) is 0 Å². The van der Waals surface area contributed by atoms with Crippen LogP contribution in [-0.4, -0.2) is 7.11 Å². The van der Waals surface area contributed by atoms with Gasteiger partial charge in [-0.1, -0.05) is 38.6 Å². The second kappa shape index (κ2) is 10.7. The summed E-state index contributed by atoms with van der Waals surface area (Å²) in [6.45, 7) is 8.51. The number of furan rings is 1. The molecule has 174 valence electrons. The van der Waals surface area contributed by atoms with Crippen LogP contribution in [0.4, 0.5) is 5.69 Å². The molecule has 0 aliphatic carbocycles. The molecule has 0 radical (unpaired) electrons. The molecule has 1 atom stereocenters. The standard InChI is InChI=1S/C29H29NO4/c1-5-20(2)26-19-25(31-4)15-16-27(26)30-21(3)28-17-18-29(34-28)33-24-13-11-23(12-14-24)32-22-9-7-6-8-10-22/h6-20,30H,3,5H2,1-2,4H3. The summed E-state index contributed by atoms with van der Waals surface area (Å²) in [5, 5.41) is 3.39. The molecule has 0 amide bonds. The number of hydrogen-bond donors (Lipinski definition) is 1. The van der Waals surface area contributed by atoms with Crippen molar-refractivity contribution in [3.63, 3.8) is 0 Å². The predicted octanol–water partition coefficient (Wildman–Crippen LogP) is 8.47. The summed E-state index contributed by atoms with van der Waals surface area (Å²) in [4.78, 5) is 0. The number of methoxy groups -OCH3 is 1. The number of ether oxygens (including phenoxy) is 3. The fraction of sp³-hybridized carbons (Fsp3) is 0.172. The van der Waals surface area contributed by atoms with Gasteiger partial charge >= 0.3 is 0 Å². The van der Waals surface area contributed by atoms with Gasteiger partial charge in [-0.05, 0) is 78.6 Å². The summed E-state index contributed by atoms with van der Waals surface area (Å²) >= 11 is 0. The van der Waals surface area contributed by atoms with Crippen LogP contribution in [0.3, 0.4) is 0 Å². The van der Waals surface area contributed by atoms with E-state index in [9.17, 15) is 0 Å². The van der Waals surface area contributed by atoms with Gasteiger partial charge in [-0.25, -0.2) is 0 Å². The van der Waals surface area contributed by atoms with Gasteiger partial charge in [0.15, 0.2) is 5.76 Å². The first-order valence-electron chi connectivity index (χ1n) is 11.3. The monoisotopic (exact) mass is 455 g/mol. The molecule has 3 aromatic carbocycles. The first-order chi connectivity index (χ1) is 16.6. The fourth-order valence-electron chi connectivity index (χ4n) is 3.49. The fourth-order valence-corrected chi connectivity index (χ4v) is 3.49. The van der Waals surface area contributed by atoms with Gasteiger partial charge in [-0.15, -0.1) is 0 Å². The lowest BCUT2D eigenvalue weighted by Gasteiger charge is -2.18. The van der Waals surface area contributed by atoms with Crippen molar-refractivity contribution in [2.24, 2.45) is 0 Å². The van der Waals surface area contributed by atoms with Crippen LogP contribution in [0.2, 0.25) is 0 Å². The summed E-state index contributed by atoms with van der Waals surface area (Å²) in [5.41, 5.74) is 2.80. The molecule has 5 heteroatoms. The lowest BCUT2D eigenvalue weighted by atomic mass is 9.96. The average molecular weight is 456 g/mol. The zero-order valence-electron chi connectivity index (χ0n) is 19.7. The summed E-state index contributed by atoms with van der Waals surface area (Å²) in [7, 11) is 1.68. The Morgan fingerprint density at radius 3 is 2.18 bits per heavy atom. The third-order valence-corrected chi connectivity index (χ3v) is 5.59. The van der Waals surface area contributed by atoms with E-state index in [1.807, 2.05) is 72.8 Å². The lowest BCUT2D eigenvalue weighted by Crippen LogP contribution is -2.03. The minimum absolute atomic E-state index is 0.370. The van der Waals surface area contributed by atoms with Crippen molar-refractivity contribution in [3.8, 4) is 28.9 Å². The molecule has 0 fully saturated rings. The number of hydrogen-bond acceptors (Lipinski definition) is 5. The highest BCUT2D eigenvalue weighted by molar-refractivity contribution is 5.75. The maximum atomic E-state index is 5.88. The summed E-state index contributed by atoms with van der Waals surface area (Å²) in [6.07, 6.45) is 1.02. The molecule has 0 spiro atoms. The zero-order chi connectivity index (χ0) is 23.9. The largest absolute Gasteiger partial charge is 0.497 e. The van der Waals surface area contributed by atoms with E-state index in [1.165, 1.54) is 5.56 Å². The third-order valence-electron chi connectivity index (χ3n) is 5.59. The number of anilines is 1. The number of para-hydroxylation sites is 1. The van der Waals surface area contributed by atoms with E-state index in [2.05, 4.69) is 31.8 Å². The second-order valence-electron chi connectivity index (χ2n) is 7.97. The quantitative estimate of drug-likeness (QED) is 0.260. The summed E-state index contributed by atoms with van der Waals surface area (Å²) in [6, 6.07) is 26.6. The smallest absolute Gasteiger partial charge is 0.290 e. The molecule has 1 aromatic heterocycles. The Bertz CT molecular complexity index is 1230. The van der Waals surface area contributed by atoms with Gasteiger partial charge in [0.25, 0.3) is 5.95 Å². The van der Waals surface area contributed by atoms with E-state index in [-0.39, 0.29) is 0 Å². The van der Waals surface area contributed by atoms with Gasteiger partial charge < -0.3 is 23.9 Å². The van der Waals surface area contributed by atoms with Crippen molar-refractivity contribution in [1.29, 1.82) is 0 Å². The maximum absolute atomic E-state index is 5.88. The first-order valence-corrected chi connectivity index (χ1v) is 11.3. The van der Waals surface area contributed by atoms with Crippen molar-refractivity contribution < 1.29 is 18.6 Å². The van der Waals surface area contributed by atoms with Crippen molar-refractivity contribution in [2.45, 2.75) is 26.2 Å². The number of rotatable bonds is 10. The molecule has 0 aliphatic rings.